The first kappa shape index (κ1) is 12.2. The summed E-state index contributed by atoms with van der Waals surface area (Å²) in [5.41, 5.74) is 7.80. The molecule has 2 unspecified atom stereocenters. The van der Waals surface area contributed by atoms with E-state index >= 15 is 0 Å². The van der Waals surface area contributed by atoms with E-state index in [9.17, 15) is 0 Å². The summed E-state index contributed by atoms with van der Waals surface area (Å²) in [6.45, 7) is 4.54. The van der Waals surface area contributed by atoms with Gasteiger partial charge in [-0.2, -0.15) is 0 Å². The van der Waals surface area contributed by atoms with Crippen LogP contribution in [0.25, 0.3) is 0 Å². The summed E-state index contributed by atoms with van der Waals surface area (Å²) in [7, 11) is 0. The fourth-order valence-corrected chi connectivity index (χ4v) is 2.64. The van der Waals surface area contributed by atoms with Crippen LogP contribution in [0.4, 0.5) is 0 Å². The van der Waals surface area contributed by atoms with Crippen molar-refractivity contribution in [1.29, 1.82) is 0 Å². The maximum Gasteiger partial charge on any atom is 0.0595 e. The fraction of sp³-hybridized carbons (Fsp3) is 0.538. The molecule has 0 saturated heterocycles. The third-order valence-electron chi connectivity index (χ3n) is 3.56. The molecular weight excluding hydrogens is 241 g/mol. The van der Waals surface area contributed by atoms with Crippen molar-refractivity contribution in [2.45, 2.75) is 32.7 Å². The highest BCUT2D eigenvalue weighted by molar-refractivity contribution is 6.42. The summed E-state index contributed by atoms with van der Waals surface area (Å²) in [5, 5.41) is 1.21. The Morgan fingerprint density at radius 1 is 1.38 bits per heavy atom. The molecule has 1 fully saturated rings. The smallest absolute Gasteiger partial charge is 0.0595 e. The van der Waals surface area contributed by atoms with Gasteiger partial charge in [-0.15, -0.1) is 0 Å². The van der Waals surface area contributed by atoms with E-state index in [4.69, 9.17) is 28.9 Å². The molecule has 1 saturated carbocycles. The molecule has 2 rings (SSSR count). The number of benzene rings is 1. The van der Waals surface area contributed by atoms with Gasteiger partial charge in [0.1, 0.15) is 0 Å². The first-order chi connectivity index (χ1) is 7.40. The molecule has 0 aliphatic heterocycles. The van der Waals surface area contributed by atoms with Crippen molar-refractivity contribution in [3.8, 4) is 0 Å². The molecule has 0 radical (unpaired) electrons. The lowest BCUT2D eigenvalue weighted by molar-refractivity contribution is 0.476. The maximum absolute atomic E-state index is 6.20. The molecule has 88 valence electrons. The van der Waals surface area contributed by atoms with Crippen LogP contribution in [0.3, 0.4) is 0 Å². The average Bonchev–Trinajstić information content (AvgIpc) is 2.82. The Hall–Kier alpha value is -0.240. The van der Waals surface area contributed by atoms with Gasteiger partial charge in [0.15, 0.2) is 0 Å². The van der Waals surface area contributed by atoms with Crippen LogP contribution in [0.15, 0.2) is 18.2 Å². The molecule has 1 aliphatic carbocycles. The van der Waals surface area contributed by atoms with Gasteiger partial charge >= 0.3 is 0 Å². The molecule has 1 nitrogen and oxygen atoms in total. The van der Waals surface area contributed by atoms with E-state index in [1.807, 2.05) is 18.2 Å². The van der Waals surface area contributed by atoms with Crippen LogP contribution in [-0.4, -0.2) is 6.04 Å². The minimum Gasteiger partial charge on any atom is -0.327 e. The van der Waals surface area contributed by atoms with Crippen molar-refractivity contribution in [3.63, 3.8) is 0 Å². The van der Waals surface area contributed by atoms with Gasteiger partial charge in [0.05, 0.1) is 10.0 Å². The van der Waals surface area contributed by atoms with Gasteiger partial charge in [-0.05, 0) is 41.9 Å². The number of nitrogens with two attached hydrogens (primary N) is 1. The zero-order chi connectivity index (χ0) is 11.9. The highest BCUT2D eigenvalue weighted by Crippen LogP contribution is 2.53. The van der Waals surface area contributed by atoms with Crippen LogP contribution >= 0.6 is 23.2 Å². The van der Waals surface area contributed by atoms with E-state index in [1.165, 1.54) is 12.0 Å². The maximum atomic E-state index is 6.20. The quantitative estimate of drug-likeness (QED) is 0.873. The predicted molar refractivity (Wildman–Crippen MR) is 70.0 cm³/mol. The first-order valence-electron chi connectivity index (χ1n) is 5.59. The Labute approximate surface area is 107 Å². The molecule has 3 heteroatoms. The molecular formula is C13H17Cl2N. The minimum absolute atomic E-state index is 0.229. The number of hydrogen-bond donors (Lipinski definition) is 1. The Balaban J connectivity index is 2.02. The summed E-state index contributed by atoms with van der Waals surface area (Å²) >= 11 is 11.8. The molecule has 2 atom stereocenters. The molecule has 16 heavy (non-hydrogen) atoms. The fourth-order valence-electron chi connectivity index (χ4n) is 2.32. The molecule has 0 aromatic heterocycles. The van der Waals surface area contributed by atoms with Crippen LogP contribution in [-0.2, 0) is 6.42 Å². The van der Waals surface area contributed by atoms with Gasteiger partial charge in [0.25, 0.3) is 0 Å². The van der Waals surface area contributed by atoms with Gasteiger partial charge in [-0.1, -0.05) is 43.1 Å². The highest BCUT2D eigenvalue weighted by atomic mass is 35.5. The van der Waals surface area contributed by atoms with Crippen molar-refractivity contribution >= 4 is 23.2 Å². The van der Waals surface area contributed by atoms with Crippen LogP contribution in [0.2, 0.25) is 10.0 Å². The van der Waals surface area contributed by atoms with Gasteiger partial charge in [-0.25, -0.2) is 0 Å². The zero-order valence-electron chi connectivity index (χ0n) is 9.63. The van der Waals surface area contributed by atoms with Crippen molar-refractivity contribution in [2.24, 2.45) is 17.1 Å². The van der Waals surface area contributed by atoms with Crippen molar-refractivity contribution in [1.82, 2.24) is 0 Å². The monoisotopic (exact) mass is 257 g/mol. The third kappa shape index (κ3) is 2.53. The van der Waals surface area contributed by atoms with Crippen LogP contribution in [0, 0.1) is 11.3 Å². The molecule has 0 heterocycles. The zero-order valence-corrected chi connectivity index (χ0v) is 11.1. The SMILES string of the molecule is CC1(C)CC1C(N)Cc1ccc(Cl)c(Cl)c1. The third-order valence-corrected chi connectivity index (χ3v) is 4.30. The topological polar surface area (TPSA) is 26.0 Å². The molecule has 2 N–H and O–H groups in total. The largest absolute Gasteiger partial charge is 0.327 e. The van der Waals surface area contributed by atoms with Crippen molar-refractivity contribution in [3.05, 3.63) is 33.8 Å². The molecule has 1 aliphatic rings. The summed E-state index contributed by atoms with van der Waals surface area (Å²) < 4.78 is 0. The van der Waals surface area contributed by atoms with E-state index in [0.717, 1.165) is 6.42 Å². The second-order valence-corrected chi connectivity index (χ2v) is 6.23. The lowest BCUT2D eigenvalue weighted by Crippen LogP contribution is -2.27. The van der Waals surface area contributed by atoms with Crippen LogP contribution in [0.1, 0.15) is 25.8 Å². The van der Waals surface area contributed by atoms with Crippen LogP contribution in [0.5, 0.6) is 0 Å². The van der Waals surface area contributed by atoms with Crippen molar-refractivity contribution < 1.29 is 0 Å². The summed E-state index contributed by atoms with van der Waals surface area (Å²) in [6, 6.07) is 5.99. The van der Waals surface area contributed by atoms with Crippen molar-refractivity contribution in [2.75, 3.05) is 0 Å². The number of rotatable bonds is 3. The highest BCUT2D eigenvalue weighted by Gasteiger charge is 2.48. The van der Waals surface area contributed by atoms with Gasteiger partial charge in [-0.3, -0.25) is 0 Å². The normalized spacial score (nSPS) is 24.2. The molecule has 0 spiro atoms. The molecule has 0 amide bonds. The lowest BCUT2D eigenvalue weighted by atomic mass is 9.98. The van der Waals surface area contributed by atoms with E-state index in [0.29, 0.717) is 21.4 Å². The number of halogens is 2. The second kappa shape index (κ2) is 4.21. The predicted octanol–water partition coefficient (Wildman–Crippen LogP) is 3.91. The number of hydrogen-bond acceptors (Lipinski definition) is 1. The Bertz CT molecular complexity index is 401. The minimum atomic E-state index is 0.229. The summed E-state index contributed by atoms with van der Waals surface area (Å²) in [4.78, 5) is 0. The second-order valence-electron chi connectivity index (χ2n) is 5.42. The van der Waals surface area contributed by atoms with E-state index < -0.39 is 0 Å². The standard InChI is InChI=1S/C13H17Cl2N/c1-13(2)7-9(13)12(16)6-8-3-4-10(14)11(15)5-8/h3-5,9,12H,6-7,16H2,1-2H3. The Morgan fingerprint density at radius 2 is 2.00 bits per heavy atom. The first-order valence-corrected chi connectivity index (χ1v) is 6.35. The molecule has 1 aromatic carbocycles. The summed E-state index contributed by atoms with van der Waals surface area (Å²) in [6.07, 6.45) is 2.11. The van der Waals surface area contributed by atoms with E-state index in [-0.39, 0.29) is 6.04 Å². The van der Waals surface area contributed by atoms with Gasteiger partial charge < -0.3 is 5.73 Å². The van der Waals surface area contributed by atoms with E-state index in [2.05, 4.69) is 13.8 Å². The molecule has 0 bridgehead atoms. The average molecular weight is 258 g/mol. The Morgan fingerprint density at radius 3 is 2.50 bits per heavy atom. The van der Waals surface area contributed by atoms with Crippen LogP contribution < -0.4 is 5.73 Å². The molecule has 1 aromatic rings. The lowest BCUT2D eigenvalue weighted by Gasteiger charge is -2.13. The van der Waals surface area contributed by atoms with E-state index in [1.54, 1.807) is 0 Å². The van der Waals surface area contributed by atoms with Gasteiger partial charge in [0, 0.05) is 6.04 Å². The Kier molecular flexibility index (Phi) is 3.22. The van der Waals surface area contributed by atoms with Gasteiger partial charge in [0.2, 0.25) is 0 Å². The summed E-state index contributed by atoms with van der Waals surface area (Å²) in [5.74, 6) is 0.641.